The van der Waals surface area contributed by atoms with Gasteiger partial charge in [-0.3, -0.25) is 6.08 Å². The van der Waals surface area contributed by atoms with Gasteiger partial charge in [0.2, 0.25) is 0 Å². The van der Waals surface area contributed by atoms with Gasteiger partial charge in [0.15, 0.2) is 0 Å². The fourth-order valence-corrected chi connectivity index (χ4v) is 4.61. The molecule has 0 N–H and O–H groups in total. The normalized spacial score (nSPS) is 13.3. The summed E-state index contributed by atoms with van der Waals surface area (Å²) in [6, 6.07) is 40.2. The summed E-state index contributed by atoms with van der Waals surface area (Å²) in [5, 5.41) is 5.39. The van der Waals surface area contributed by atoms with Crippen molar-refractivity contribution in [3.05, 3.63) is 145 Å². The maximum Gasteiger partial charge on any atom is -0.0771 e. The van der Waals surface area contributed by atoms with Crippen molar-refractivity contribution in [3.63, 3.8) is 0 Å². The van der Waals surface area contributed by atoms with Gasteiger partial charge < -0.3 is 24.8 Å². The Kier molecular flexibility index (Phi) is 12.9. The van der Waals surface area contributed by atoms with Gasteiger partial charge >= 0.3 is 70.3 Å². The second kappa shape index (κ2) is 15.6. The van der Waals surface area contributed by atoms with E-state index in [1.807, 2.05) is 12.1 Å². The number of fused-ring (bicyclic) bond motifs is 3. The molecule has 0 heterocycles. The van der Waals surface area contributed by atoms with Crippen LogP contribution in [0.5, 0.6) is 0 Å². The van der Waals surface area contributed by atoms with E-state index in [0.29, 0.717) is 5.92 Å². The van der Waals surface area contributed by atoms with E-state index in [9.17, 15) is 0 Å². The second-order valence-electron chi connectivity index (χ2n) is 8.30. The Labute approximate surface area is 242 Å². The number of benzene rings is 4. The molecule has 5 aromatic rings. The number of allylic oxidation sites excluding steroid dienone is 4. The maximum absolute atomic E-state index is 3.25. The molecule has 0 bridgehead atoms. The van der Waals surface area contributed by atoms with Crippen LogP contribution in [0.25, 0.3) is 27.1 Å². The molecule has 36 heavy (non-hydrogen) atoms. The Hall–Kier alpha value is -2.44. The van der Waals surface area contributed by atoms with Crippen molar-refractivity contribution >= 4 is 30.8 Å². The molecule has 0 fully saturated rings. The average molecular weight is 587 g/mol. The molecule has 0 aromatic heterocycles. The molecule has 180 valence electrons. The zero-order chi connectivity index (χ0) is 23.6. The summed E-state index contributed by atoms with van der Waals surface area (Å²) in [5.74, 6) is 0.472. The molecule has 6 rings (SSSR count). The van der Waals surface area contributed by atoms with E-state index >= 15 is 0 Å². The molecule has 0 spiro atoms. The minimum atomic E-state index is 0. The molecule has 3 heteroatoms. The first-order valence-corrected chi connectivity index (χ1v) is 13.1. The van der Waals surface area contributed by atoms with Crippen LogP contribution in [0.3, 0.4) is 0 Å². The molecule has 0 nitrogen and oxygen atoms in total. The first-order valence-electron chi connectivity index (χ1n) is 11.7. The molecule has 0 saturated carbocycles. The van der Waals surface area contributed by atoms with E-state index in [1.54, 1.807) is 0 Å². The van der Waals surface area contributed by atoms with Gasteiger partial charge in [-0.2, -0.15) is 11.6 Å². The van der Waals surface area contributed by atoms with Crippen molar-refractivity contribution in [2.45, 2.75) is 13.3 Å². The molecule has 0 amide bonds. The van der Waals surface area contributed by atoms with Crippen LogP contribution in [-0.2, 0) is 30.7 Å². The summed E-state index contributed by atoms with van der Waals surface area (Å²) in [7, 11) is 0. The quantitative estimate of drug-likeness (QED) is 0.285. The fourth-order valence-electron chi connectivity index (χ4n) is 4.03. The first-order chi connectivity index (χ1) is 16.7. The summed E-state index contributed by atoms with van der Waals surface area (Å²) in [6.07, 6.45) is 8.68. The molecule has 0 saturated heterocycles. The van der Waals surface area contributed by atoms with Crippen LogP contribution < -0.4 is 24.8 Å². The number of hydrogen-bond donors (Lipinski definition) is 0. The van der Waals surface area contributed by atoms with Gasteiger partial charge in [-0.05, 0) is 0 Å². The topological polar surface area (TPSA) is 0 Å². The first kappa shape index (κ1) is 29.8. The van der Waals surface area contributed by atoms with Crippen LogP contribution in [0.15, 0.2) is 127 Å². The van der Waals surface area contributed by atoms with E-state index in [-0.39, 0.29) is 24.8 Å². The van der Waals surface area contributed by atoms with Crippen molar-refractivity contribution in [2.75, 3.05) is 0 Å². The van der Waals surface area contributed by atoms with Gasteiger partial charge in [0.1, 0.15) is 0 Å². The molecule has 1 aliphatic rings. The minimum absolute atomic E-state index is 0. The van der Waals surface area contributed by atoms with Crippen molar-refractivity contribution in [1.82, 2.24) is 0 Å². The second-order valence-corrected chi connectivity index (χ2v) is 9.30. The van der Waals surface area contributed by atoms with Gasteiger partial charge in [0, 0.05) is 0 Å². The number of rotatable bonds is 3. The van der Waals surface area contributed by atoms with Crippen LogP contribution in [0.4, 0.5) is 0 Å². The van der Waals surface area contributed by atoms with Gasteiger partial charge in [-0.1, -0.05) is 79.6 Å². The Bertz CT molecular complexity index is 1350. The summed E-state index contributed by atoms with van der Waals surface area (Å²) in [5.41, 5.74) is 3.99. The van der Waals surface area contributed by atoms with Gasteiger partial charge in [-0.15, -0.1) is 45.3 Å². The zero-order valence-corrected chi connectivity index (χ0v) is 24.2. The molecule has 5 aromatic carbocycles. The average Bonchev–Trinajstić information content (AvgIpc) is 3.50. The van der Waals surface area contributed by atoms with Crippen LogP contribution >= 0.6 is 0 Å². The van der Waals surface area contributed by atoms with Crippen molar-refractivity contribution in [3.8, 4) is 0 Å². The molecule has 1 unspecified atom stereocenters. The fraction of sp³-hybridized carbons (Fsp3) is 0.0909. The molecular formula is C33H28Cl2Zr-2. The third-order valence-corrected chi connectivity index (χ3v) is 6.24. The molecule has 1 atom stereocenters. The predicted molar refractivity (Wildman–Crippen MR) is 145 cm³/mol. The summed E-state index contributed by atoms with van der Waals surface area (Å²) in [6.45, 7) is 2.15. The van der Waals surface area contributed by atoms with E-state index in [1.165, 1.54) is 62.5 Å². The standard InChI is InChI=1S/C13H9.C12H11.C8H8.2ClH.Zr/c1-3-7-12-10(5-1)9-11-6-2-4-8-13(11)12;1-10-7-8-12(9-10)11-5-3-2-4-6-11;1-2-8-6-4-3-5-7-8;;;/h1-9H;2-6,8-10H,1H3;1,3-7H,2H2;2*1H;/q2*-1;;;;+2/p-2. The number of halogens is 2. The summed E-state index contributed by atoms with van der Waals surface area (Å²) in [4.78, 5) is 0. The van der Waals surface area contributed by atoms with Crippen LogP contribution in [-0.4, -0.2) is 3.71 Å². The van der Waals surface area contributed by atoms with Crippen LogP contribution in [0.2, 0.25) is 0 Å². The Morgan fingerprint density at radius 2 is 1.22 bits per heavy atom. The number of hydrogen-bond acceptors (Lipinski definition) is 0. The van der Waals surface area contributed by atoms with Crippen molar-refractivity contribution in [1.29, 1.82) is 0 Å². The van der Waals surface area contributed by atoms with Gasteiger partial charge in [0.05, 0.1) is 0 Å². The molecular weight excluding hydrogens is 558 g/mol. The Balaban J connectivity index is 0.000000188. The van der Waals surface area contributed by atoms with Gasteiger partial charge in [0.25, 0.3) is 0 Å². The molecule has 1 aliphatic carbocycles. The summed E-state index contributed by atoms with van der Waals surface area (Å²) < 4.78 is 2.25. The molecule has 0 aliphatic heterocycles. The maximum atomic E-state index is 3.25. The zero-order valence-electron chi connectivity index (χ0n) is 20.2. The third kappa shape index (κ3) is 8.31. The van der Waals surface area contributed by atoms with E-state index in [2.05, 4.69) is 132 Å². The largest absolute Gasteiger partial charge is 0.126 e. The third-order valence-electron chi connectivity index (χ3n) is 5.74. The molecule has 0 radical (unpaired) electrons. The monoisotopic (exact) mass is 584 g/mol. The Morgan fingerprint density at radius 1 is 0.722 bits per heavy atom. The van der Waals surface area contributed by atoms with Crippen LogP contribution in [0, 0.1) is 12.0 Å². The van der Waals surface area contributed by atoms with Crippen molar-refractivity contribution in [2.24, 2.45) is 5.92 Å². The minimum Gasteiger partial charge on any atom is -0.126 e. The smallest absolute Gasteiger partial charge is 0.0771 e. The SMILES string of the molecule is CC1[C-]=CC(c2ccccc2)=C1.[Cl-].[Cl-].[Zr+2]=[CH]Cc1ccccc1.c1ccc2c(c1)[cH-]c1ccccc12. The summed E-state index contributed by atoms with van der Waals surface area (Å²) >= 11 is 1.51. The van der Waals surface area contributed by atoms with Crippen molar-refractivity contribution < 1.29 is 49.0 Å². The van der Waals surface area contributed by atoms with Gasteiger partial charge in [-0.25, -0.2) is 6.08 Å². The van der Waals surface area contributed by atoms with Crippen LogP contribution in [0.1, 0.15) is 18.1 Å². The van der Waals surface area contributed by atoms with E-state index < -0.39 is 0 Å². The predicted octanol–water partition coefficient (Wildman–Crippen LogP) is 2.38. The van der Waals surface area contributed by atoms with E-state index in [0.717, 1.165) is 6.42 Å². The van der Waals surface area contributed by atoms with E-state index in [4.69, 9.17) is 0 Å². The Morgan fingerprint density at radius 3 is 1.72 bits per heavy atom.